The standard InChI is InChI=1S/C22H21NO2S2/c1-12(2)11-23-21(24)19-15(17-9-5-13(3)26-17)7-8-16(20(19)22(23)25)18-10-6-14(4)27-18/h5-10,12H,11H2,1-4H3. The second kappa shape index (κ2) is 6.73. The Morgan fingerprint density at radius 2 is 1.22 bits per heavy atom. The van der Waals surface area contributed by atoms with Gasteiger partial charge in [0, 0.05) is 37.2 Å². The van der Waals surface area contributed by atoms with Crippen molar-refractivity contribution in [2.45, 2.75) is 27.7 Å². The largest absolute Gasteiger partial charge is 0.274 e. The molecular weight excluding hydrogens is 374 g/mol. The van der Waals surface area contributed by atoms with Gasteiger partial charge in [0.1, 0.15) is 0 Å². The van der Waals surface area contributed by atoms with E-state index in [1.165, 1.54) is 14.7 Å². The minimum Gasteiger partial charge on any atom is -0.274 e. The molecule has 1 aromatic carbocycles. The van der Waals surface area contributed by atoms with Gasteiger partial charge in [-0.1, -0.05) is 26.0 Å². The first-order chi connectivity index (χ1) is 12.9. The highest BCUT2D eigenvalue weighted by Crippen LogP contribution is 2.42. The predicted molar refractivity (Wildman–Crippen MR) is 113 cm³/mol. The third-order valence-electron chi connectivity index (χ3n) is 4.68. The second-order valence-corrected chi connectivity index (χ2v) is 9.92. The van der Waals surface area contributed by atoms with Gasteiger partial charge in [-0.15, -0.1) is 22.7 Å². The van der Waals surface area contributed by atoms with Crippen molar-refractivity contribution >= 4 is 34.5 Å². The zero-order chi connectivity index (χ0) is 19.3. The van der Waals surface area contributed by atoms with Gasteiger partial charge in [-0.05, 0) is 44.0 Å². The van der Waals surface area contributed by atoms with Crippen molar-refractivity contribution in [1.82, 2.24) is 4.90 Å². The molecule has 4 rings (SSSR count). The van der Waals surface area contributed by atoms with Crippen LogP contribution in [0.25, 0.3) is 20.9 Å². The Hall–Kier alpha value is -2.24. The zero-order valence-electron chi connectivity index (χ0n) is 15.8. The van der Waals surface area contributed by atoms with Crippen LogP contribution in [0.2, 0.25) is 0 Å². The van der Waals surface area contributed by atoms with E-state index in [4.69, 9.17) is 0 Å². The summed E-state index contributed by atoms with van der Waals surface area (Å²) in [5.74, 6) is -0.105. The molecule has 0 atom stereocenters. The first kappa shape index (κ1) is 18.1. The summed E-state index contributed by atoms with van der Waals surface area (Å²) in [7, 11) is 0. The molecule has 0 N–H and O–H groups in total. The molecule has 0 saturated carbocycles. The molecule has 0 aliphatic carbocycles. The van der Waals surface area contributed by atoms with Crippen molar-refractivity contribution in [2.75, 3.05) is 6.54 Å². The molecule has 138 valence electrons. The summed E-state index contributed by atoms with van der Waals surface area (Å²) in [6.45, 7) is 8.59. The van der Waals surface area contributed by atoms with Crippen molar-refractivity contribution in [3.63, 3.8) is 0 Å². The molecule has 3 aromatic rings. The maximum atomic E-state index is 13.2. The fraction of sp³-hybridized carbons (Fsp3) is 0.273. The monoisotopic (exact) mass is 395 g/mol. The molecule has 0 unspecified atom stereocenters. The van der Waals surface area contributed by atoms with Crippen molar-refractivity contribution < 1.29 is 9.59 Å². The first-order valence-electron chi connectivity index (χ1n) is 9.03. The first-order valence-corrected chi connectivity index (χ1v) is 10.7. The molecular formula is C22H21NO2S2. The van der Waals surface area contributed by atoms with E-state index >= 15 is 0 Å². The van der Waals surface area contributed by atoms with E-state index in [1.807, 2.05) is 38.1 Å². The SMILES string of the molecule is Cc1ccc(-c2ccc(-c3ccc(C)s3)c3c2C(=O)N(CC(C)C)C3=O)s1. The van der Waals surface area contributed by atoms with E-state index in [0.717, 1.165) is 20.9 Å². The summed E-state index contributed by atoms with van der Waals surface area (Å²) in [6.07, 6.45) is 0. The van der Waals surface area contributed by atoms with Crippen molar-refractivity contribution in [3.8, 4) is 20.9 Å². The number of amides is 2. The fourth-order valence-corrected chi connectivity index (χ4v) is 5.31. The van der Waals surface area contributed by atoms with Crippen LogP contribution in [0.3, 0.4) is 0 Å². The molecule has 0 radical (unpaired) electrons. The summed E-state index contributed by atoms with van der Waals surface area (Å²) >= 11 is 3.30. The van der Waals surface area contributed by atoms with Gasteiger partial charge in [-0.3, -0.25) is 14.5 Å². The highest BCUT2D eigenvalue weighted by atomic mass is 32.1. The smallest absolute Gasteiger partial charge is 0.262 e. The summed E-state index contributed by atoms with van der Waals surface area (Å²) in [5.41, 5.74) is 2.85. The average Bonchev–Trinajstić information content (AvgIpc) is 3.30. The normalized spacial score (nSPS) is 13.7. The van der Waals surface area contributed by atoms with E-state index < -0.39 is 0 Å². The molecule has 0 spiro atoms. The van der Waals surface area contributed by atoms with Crippen LogP contribution in [0.1, 0.15) is 44.3 Å². The van der Waals surface area contributed by atoms with E-state index in [0.29, 0.717) is 17.7 Å². The number of hydrogen-bond acceptors (Lipinski definition) is 4. The van der Waals surface area contributed by atoms with Crippen LogP contribution in [0.15, 0.2) is 36.4 Å². The number of benzene rings is 1. The lowest BCUT2D eigenvalue weighted by atomic mass is 9.95. The van der Waals surface area contributed by atoms with E-state index in [-0.39, 0.29) is 17.7 Å². The molecule has 2 aromatic heterocycles. The van der Waals surface area contributed by atoms with Gasteiger partial charge in [0.2, 0.25) is 0 Å². The van der Waals surface area contributed by atoms with E-state index in [2.05, 4.69) is 26.0 Å². The van der Waals surface area contributed by atoms with Crippen LogP contribution >= 0.6 is 22.7 Å². The number of hydrogen-bond donors (Lipinski definition) is 0. The van der Waals surface area contributed by atoms with Crippen molar-refractivity contribution in [1.29, 1.82) is 0 Å². The molecule has 5 heteroatoms. The summed E-state index contributed by atoms with van der Waals surface area (Å²) < 4.78 is 0. The minimum atomic E-state index is -0.167. The number of thiophene rings is 2. The molecule has 0 saturated heterocycles. The van der Waals surface area contributed by atoms with Crippen LogP contribution in [0, 0.1) is 19.8 Å². The Kier molecular flexibility index (Phi) is 4.52. The minimum absolute atomic E-state index is 0.167. The summed E-state index contributed by atoms with van der Waals surface area (Å²) in [4.78, 5) is 32.4. The van der Waals surface area contributed by atoms with Crippen LogP contribution in [-0.2, 0) is 0 Å². The molecule has 0 bridgehead atoms. The van der Waals surface area contributed by atoms with Crippen LogP contribution in [-0.4, -0.2) is 23.3 Å². The molecule has 3 nitrogen and oxygen atoms in total. The van der Waals surface area contributed by atoms with Gasteiger partial charge in [0.05, 0.1) is 11.1 Å². The summed E-state index contributed by atoms with van der Waals surface area (Å²) in [5, 5.41) is 0. The zero-order valence-corrected chi connectivity index (χ0v) is 17.5. The van der Waals surface area contributed by atoms with Crippen molar-refractivity contribution in [2.24, 2.45) is 5.92 Å². The number of carbonyl (C=O) groups is 2. The van der Waals surface area contributed by atoms with Crippen molar-refractivity contribution in [3.05, 3.63) is 57.3 Å². The molecule has 2 amide bonds. The fourth-order valence-electron chi connectivity index (χ4n) is 3.51. The van der Waals surface area contributed by atoms with E-state index in [9.17, 15) is 9.59 Å². The maximum Gasteiger partial charge on any atom is 0.262 e. The third-order valence-corrected chi connectivity index (χ3v) is 6.75. The molecule has 1 aliphatic heterocycles. The number of nitrogens with zero attached hydrogens (tertiary/aromatic N) is 1. The predicted octanol–water partition coefficient (Wildman–Crippen LogP) is 6.01. The Morgan fingerprint density at radius 3 is 1.56 bits per heavy atom. The quantitative estimate of drug-likeness (QED) is 0.507. The molecule has 0 fully saturated rings. The number of carbonyl (C=O) groups excluding carboxylic acids is 2. The van der Waals surface area contributed by atoms with Crippen LogP contribution in [0.5, 0.6) is 0 Å². The van der Waals surface area contributed by atoms with Gasteiger partial charge in [0.25, 0.3) is 11.8 Å². The molecule has 3 heterocycles. The Balaban J connectivity index is 1.95. The third kappa shape index (κ3) is 3.05. The number of rotatable bonds is 4. The number of aryl methyl sites for hydroxylation is 2. The van der Waals surface area contributed by atoms with Gasteiger partial charge >= 0.3 is 0 Å². The molecule has 1 aliphatic rings. The second-order valence-electron chi connectivity index (χ2n) is 7.35. The van der Waals surface area contributed by atoms with Gasteiger partial charge in [-0.2, -0.15) is 0 Å². The molecule has 27 heavy (non-hydrogen) atoms. The van der Waals surface area contributed by atoms with Crippen LogP contribution in [0.4, 0.5) is 0 Å². The van der Waals surface area contributed by atoms with Gasteiger partial charge in [-0.25, -0.2) is 0 Å². The Morgan fingerprint density at radius 1 is 0.778 bits per heavy atom. The Bertz CT molecular complexity index is 979. The lowest BCUT2D eigenvalue weighted by molar-refractivity contribution is 0.0637. The maximum absolute atomic E-state index is 13.2. The highest BCUT2D eigenvalue weighted by Gasteiger charge is 2.40. The topological polar surface area (TPSA) is 37.4 Å². The van der Waals surface area contributed by atoms with Gasteiger partial charge < -0.3 is 0 Å². The Labute approximate surface area is 167 Å². The number of fused-ring (bicyclic) bond motifs is 1. The number of imide groups is 1. The lowest BCUT2D eigenvalue weighted by Crippen LogP contribution is -2.33. The average molecular weight is 396 g/mol. The van der Waals surface area contributed by atoms with Gasteiger partial charge in [0.15, 0.2) is 0 Å². The van der Waals surface area contributed by atoms with Crippen LogP contribution < -0.4 is 0 Å². The lowest BCUT2D eigenvalue weighted by Gasteiger charge is -2.16. The van der Waals surface area contributed by atoms with E-state index in [1.54, 1.807) is 22.7 Å². The summed E-state index contributed by atoms with van der Waals surface area (Å²) in [6, 6.07) is 12.2. The highest BCUT2D eigenvalue weighted by molar-refractivity contribution is 7.15.